The molecule has 1 aromatic heterocycles. The van der Waals surface area contributed by atoms with Crippen LogP contribution in [0.25, 0.3) is 0 Å². The number of hydrogen-bond acceptors (Lipinski definition) is 4. The number of hydrogen-bond donors (Lipinski definition) is 0. The van der Waals surface area contributed by atoms with Crippen molar-refractivity contribution in [2.75, 3.05) is 5.75 Å². The average Bonchev–Trinajstić information content (AvgIpc) is 2.95. The summed E-state index contributed by atoms with van der Waals surface area (Å²) in [5.41, 5.74) is 1.92. The second-order valence-electron chi connectivity index (χ2n) is 3.96. The predicted octanol–water partition coefficient (Wildman–Crippen LogP) is 2.16. The Morgan fingerprint density at radius 2 is 2.00 bits per heavy atom. The first kappa shape index (κ1) is 10.6. The highest BCUT2D eigenvalue weighted by molar-refractivity contribution is 7.99. The maximum atomic E-state index is 11.5. The third kappa shape index (κ3) is 3.02. The minimum absolute atomic E-state index is 0.336. The Morgan fingerprint density at radius 3 is 2.53 bits per heavy atom. The van der Waals surface area contributed by atoms with Crippen LogP contribution in [-0.4, -0.2) is 21.5 Å². The molecule has 0 aliphatic heterocycles. The van der Waals surface area contributed by atoms with Crippen molar-refractivity contribution in [3.8, 4) is 0 Å². The van der Waals surface area contributed by atoms with Gasteiger partial charge < -0.3 is 0 Å². The zero-order valence-corrected chi connectivity index (χ0v) is 9.80. The smallest absolute Gasteiger partial charge is 0.188 e. The van der Waals surface area contributed by atoms with Gasteiger partial charge in [-0.05, 0) is 32.8 Å². The van der Waals surface area contributed by atoms with Crippen molar-refractivity contribution < 1.29 is 4.79 Å². The maximum Gasteiger partial charge on any atom is 0.188 e. The normalized spacial score (nSPS) is 15.3. The van der Waals surface area contributed by atoms with Gasteiger partial charge in [0.15, 0.2) is 5.16 Å². The molecule has 0 N–H and O–H groups in total. The molecular weight excluding hydrogens is 208 g/mol. The SMILES string of the molecule is Cc1cc(C)nc(SCC(=O)C2CC2)n1. The summed E-state index contributed by atoms with van der Waals surface area (Å²) in [7, 11) is 0. The standard InChI is InChI=1S/C11H14N2OS/c1-7-5-8(2)13-11(12-7)15-6-10(14)9-3-4-9/h5,9H,3-4,6H2,1-2H3. The molecule has 0 bridgehead atoms. The minimum atomic E-state index is 0.336. The van der Waals surface area contributed by atoms with Crippen LogP contribution >= 0.6 is 11.8 Å². The van der Waals surface area contributed by atoms with Gasteiger partial charge in [-0.3, -0.25) is 4.79 Å². The van der Waals surface area contributed by atoms with Gasteiger partial charge in [0.1, 0.15) is 5.78 Å². The van der Waals surface area contributed by atoms with E-state index in [2.05, 4.69) is 9.97 Å². The molecule has 0 radical (unpaired) electrons. The van der Waals surface area contributed by atoms with E-state index in [4.69, 9.17) is 0 Å². The van der Waals surface area contributed by atoms with Crippen molar-refractivity contribution in [2.24, 2.45) is 5.92 Å². The van der Waals surface area contributed by atoms with Crippen LogP contribution in [0.1, 0.15) is 24.2 Å². The highest BCUT2D eigenvalue weighted by atomic mass is 32.2. The largest absolute Gasteiger partial charge is 0.298 e. The molecule has 1 aliphatic carbocycles. The highest BCUT2D eigenvalue weighted by Crippen LogP contribution is 2.31. The zero-order chi connectivity index (χ0) is 10.8. The van der Waals surface area contributed by atoms with Gasteiger partial charge in [-0.25, -0.2) is 9.97 Å². The van der Waals surface area contributed by atoms with Crippen LogP contribution in [0.3, 0.4) is 0 Å². The van der Waals surface area contributed by atoms with Crippen molar-refractivity contribution in [3.63, 3.8) is 0 Å². The van der Waals surface area contributed by atoms with E-state index in [0.717, 1.165) is 29.4 Å². The van der Waals surface area contributed by atoms with Crippen LogP contribution < -0.4 is 0 Å². The zero-order valence-electron chi connectivity index (χ0n) is 8.99. The second-order valence-corrected chi connectivity index (χ2v) is 4.91. The van der Waals surface area contributed by atoms with E-state index in [9.17, 15) is 4.79 Å². The molecule has 0 unspecified atom stereocenters. The molecule has 1 fully saturated rings. The number of ketones is 1. The lowest BCUT2D eigenvalue weighted by atomic mass is 10.3. The molecule has 4 heteroatoms. The minimum Gasteiger partial charge on any atom is -0.298 e. The van der Waals surface area contributed by atoms with Gasteiger partial charge in [0.05, 0.1) is 5.75 Å². The van der Waals surface area contributed by atoms with Crippen LogP contribution in [0.2, 0.25) is 0 Å². The number of rotatable bonds is 4. The van der Waals surface area contributed by atoms with Gasteiger partial charge in [-0.1, -0.05) is 11.8 Å². The number of aromatic nitrogens is 2. The Hall–Kier alpha value is -0.900. The highest BCUT2D eigenvalue weighted by Gasteiger charge is 2.29. The lowest BCUT2D eigenvalue weighted by Gasteiger charge is -2.01. The first-order chi connectivity index (χ1) is 7.15. The number of carbonyl (C=O) groups excluding carboxylic acids is 1. The van der Waals surface area contributed by atoms with Crippen LogP contribution in [0.4, 0.5) is 0 Å². The average molecular weight is 222 g/mol. The van der Waals surface area contributed by atoms with Gasteiger partial charge in [0, 0.05) is 17.3 Å². The molecule has 1 aliphatic rings. The Labute approximate surface area is 93.7 Å². The molecule has 1 saturated carbocycles. The third-order valence-corrected chi connectivity index (χ3v) is 3.21. The fraction of sp³-hybridized carbons (Fsp3) is 0.545. The quantitative estimate of drug-likeness (QED) is 0.578. The molecule has 0 saturated heterocycles. The van der Waals surface area contributed by atoms with E-state index in [1.807, 2.05) is 19.9 Å². The van der Waals surface area contributed by atoms with Crippen LogP contribution in [0.15, 0.2) is 11.2 Å². The molecule has 1 aromatic rings. The monoisotopic (exact) mass is 222 g/mol. The first-order valence-electron chi connectivity index (χ1n) is 5.13. The Bertz CT molecular complexity index is 368. The molecule has 80 valence electrons. The fourth-order valence-corrected chi connectivity index (χ4v) is 2.34. The van der Waals surface area contributed by atoms with Crippen molar-refractivity contribution in [1.29, 1.82) is 0 Å². The molecule has 0 aromatic carbocycles. The van der Waals surface area contributed by atoms with Gasteiger partial charge in [-0.2, -0.15) is 0 Å². The Kier molecular flexibility index (Phi) is 3.05. The fourth-order valence-electron chi connectivity index (χ4n) is 1.42. The summed E-state index contributed by atoms with van der Waals surface area (Å²) in [6.07, 6.45) is 2.15. The summed E-state index contributed by atoms with van der Waals surface area (Å²) >= 11 is 1.45. The number of carbonyl (C=O) groups is 1. The van der Waals surface area contributed by atoms with Gasteiger partial charge in [0.2, 0.25) is 0 Å². The molecule has 0 amide bonds. The summed E-state index contributed by atoms with van der Waals surface area (Å²) < 4.78 is 0. The number of nitrogens with zero attached hydrogens (tertiary/aromatic N) is 2. The number of aryl methyl sites for hydroxylation is 2. The molecule has 1 heterocycles. The van der Waals surface area contributed by atoms with Crippen LogP contribution in [0, 0.1) is 19.8 Å². The second kappa shape index (κ2) is 4.31. The van der Waals surface area contributed by atoms with E-state index in [1.54, 1.807) is 0 Å². The molecule has 0 atom stereocenters. The van der Waals surface area contributed by atoms with E-state index < -0.39 is 0 Å². The predicted molar refractivity (Wildman–Crippen MR) is 60.0 cm³/mol. The van der Waals surface area contributed by atoms with E-state index >= 15 is 0 Å². The van der Waals surface area contributed by atoms with Crippen molar-refractivity contribution in [1.82, 2.24) is 9.97 Å². The molecular formula is C11H14N2OS. The molecule has 0 spiro atoms. The summed E-state index contributed by atoms with van der Waals surface area (Å²) in [6, 6.07) is 1.94. The summed E-state index contributed by atoms with van der Waals surface area (Å²) in [5.74, 6) is 1.21. The first-order valence-corrected chi connectivity index (χ1v) is 6.11. The molecule has 3 nitrogen and oxygen atoms in total. The van der Waals surface area contributed by atoms with E-state index in [0.29, 0.717) is 17.5 Å². The maximum absolute atomic E-state index is 11.5. The van der Waals surface area contributed by atoms with E-state index in [-0.39, 0.29) is 0 Å². The Morgan fingerprint density at radius 1 is 1.40 bits per heavy atom. The van der Waals surface area contributed by atoms with E-state index in [1.165, 1.54) is 11.8 Å². The summed E-state index contributed by atoms with van der Waals surface area (Å²) in [5, 5.41) is 0.724. The van der Waals surface area contributed by atoms with Crippen molar-refractivity contribution in [2.45, 2.75) is 31.8 Å². The van der Waals surface area contributed by atoms with Gasteiger partial charge in [-0.15, -0.1) is 0 Å². The number of thioether (sulfide) groups is 1. The van der Waals surface area contributed by atoms with Crippen LogP contribution in [0.5, 0.6) is 0 Å². The third-order valence-electron chi connectivity index (χ3n) is 2.34. The lowest BCUT2D eigenvalue weighted by Crippen LogP contribution is -2.04. The summed E-state index contributed by atoms with van der Waals surface area (Å²) in [4.78, 5) is 20.0. The topological polar surface area (TPSA) is 42.9 Å². The number of Topliss-reactive ketones (excluding diaryl/α,β-unsaturated/α-hetero) is 1. The lowest BCUT2D eigenvalue weighted by molar-refractivity contribution is -0.117. The van der Waals surface area contributed by atoms with Gasteiger partial charge >= 0.3 is 0 Å². The Balaban J connectivity index is 1.94. The molecule has 2 rings (SSSR count). The van der Waals surface area contributed by atoms with Crippen molar-refractivity contribution in [3.05, 3.63) is 17.5 Å². The van der Waals surface area contributed by atoms with Crippen LogP contribution in [-0.2, 0) is 4.79 Å². The van der Waals surface area contributed by atoms with Crippen molar-refractivity contribution >= 4 is 17.5 Å². The summed E-state index contributed by atoms with van der Waals surface area (Å²) in [6.45, 7) is 3.89. The van der Waals surface area contributed by atoms with Gasteiger partial charge in [0.25, 0.3) is 0 Å². The molecule has 15 heavy (non-hydrogen) atoms.